The average molecular weight is 825 g/mol. The number of carbonyl (C=O) groups is 4. The molecule has 1 aromatic heterocycles. The van der Waals surface area contributed by atoms with E-state index < -0.39 is 29.9 Å². The molecule has 0 bridgehead atoms. The molecule has 3 N–H and O–H groups in total. The van der Waals surface area contributed by atoms with Gasteiger partial charge in [0, 0.05) is 41.3 Å². The van der Waals surface area contributed by atoms with Crippen LogP contribution < -0.4 is 25.5 Å². The number of esters is 1. The van der Waals surface area contributed by atoms with Crippen LogP contribution in [-0.4, -0.2) is 82.8 Å². The van der Waals surface area contributed by atoms with Crippen LogP contribution in [0.25, 0.3) is 21.2 Å². The Kier molecular flexibility index (Phi) is 14.3. The number of rotatable bonds is 18. The van der Waals surface area contributed by atoms with Gasteiger partial charge in [-0.25, -0.2) is 19.4 Å². The third kappa shape index (κ3) is 10.2. The van der Waals surface area contributed by atoms with Gasteiger partial charge in [0.25, 0.3) is 11.8 Å². The van der Waals surface area contributed by atoms with Gasteiger partial charge in [-0.3, -0.25) is 9.59 Å². The molecule has 308 valence electrons. The van der Waals surface area contributed by atoms with E-state index in [1.807, 2.05) is 36.4 Å². The Morgan fingerprint density at radius 1 is 0.847 bits per heavy atom. The number of halogens is 1. The second kappa shape index (κ2) is 19.9. The smallest absolute Gasteiger partial charge is 0.407 e. The third-order valence-electron chi connectivity index (χ3n) is 9.68. The summed E-state index contributed by atoms with van der Waals surface area (Å²) < 4.78 is 42.2. The van der Waals surface area contributed by atoms with Crippen molar-refractivity contribution in [3.63, 3.8) is 0 Å². The number of ether oxygens (including phenoxy) is 5. The molecule has 4 aromatic carbocycles. The summed E-state index contributed by atoms with van der Waals surface area (Å²) in [4.78, 5) is 51.5. The molecule has 0 aliphatic heterocycles. The molecule has 0 saturated carbocycles. The van der Waals surface area contributed by atoms with E-state index in [0.717, 1.165) is 22.3 Å². The summed E-state index contributed by atoms with van der Waals surface area (Å²) in [7, 11) is 2.95. The highest BCUT2D eigenvalue weighted by molar-refractivity contribution is 7.17. The summed E-state index contributed by atoms with van der Waals surface area (Å²) in [6.07, 6.45) is -0.364. The number of amides is 3. The van der Waals surface area contributed by atoms with Crippen LogP contribution in [0.2, 0.25) is 0 Å². The standard InChI is InChI=1S/C44H45FN4O9S/c1-26(2)40(47-44(53)58-24-33-30-12-7-5-10-28(30)29-11-6-8-13-31(29)33)43(52)57-21-20-56-37-17-16-27(22-38(37)55-4)42(51)46-23-39(50)49-48-36(18-19-54-3)34-25-59-41-32(34)14-9-15-35(41)45/h5-17,22,25-26,33,40H,18-21,23-24H2,1-4H3,(H,46,51)(H,47,53)(H,49,50)/b48-36+/t40-/m0/s1. The van der Waals surface area contributed by atoms with Crippen molar-refractivity contribution < 1.29 is 47.3 Å². The number of carbonyl (C=O) groups excluding carboxylic acids is 4. The van der Waals surface area contributed by atoms with Crippen molar-refractivity contribution in [3.05, 3.63) is 118 Å². The normalized spacial score (nSPS) is 12.7. The van der Waals surface area contributed by atoms with Crippen molar-refractivity contribution in [2.75, 3.05) is 47.2 Å². The molecule has 0 fully saturated rings. The van der Waals surface area contributed by atoms with Gasteiger partial charge in [-0.1, -0.05) is 74.5 Å². The van der Waals surface area contributed by atoms with Gasteiger partial charge >= 0.3 is 12.1 Å². The zero-order chi connectivity index (χ0) is 41.9. The van der Waals surface area contributed by atoms with E-state index in [-0.39, 0.29) is 61.1 Å². The molecule has 0 unspecified atom stereocenters. The summed E-state index contributed by atoms with van der Waals surface area (Å²) in [5, 5.41) is 11.9. The van der Waals surface area contributed by atoms with Gasteiger partial charge in [0.2, 0.25) is 0 Å². The molecular formula is C44H45FN4O9S. The Morgan fingerprint density at radius 3 is 2.27 bits per heavy atom. The Balaban J connectivity index is 0.955. The van der Waals surface area contributed by atoms with E-state index >= 15 is 0 Å². The molecule has 15 heteroatoms. The quantitative estimate of drug-likeness (QED) is 0.0373. The highest BCUT2D eigenvalue weighted by Gasteiger charge is 2.31. The van der Waals surface area contributed by atoms with E-state index in [4.69, 9.17) is 23.7 Å². The van der Waals surface area contributed by atoms with Crippen LogP contribution in [0.1, 0.15) is 53.2 Å². The summed E-state index contributed by atoms with van der Waals surface area (Å²) in [6.45, 7) is 3.44. The molecular weight excluding hydrogens is 780 g/mol. The monoisotopic (exact) mass is 824 g/mol. The third-order valence-corrected chi connectivity index (χ3v) is 10.7. The van der Waals surface area contributed by atoms with Gasteiger partial charge in [0.15, 0.2) is 11.5 Å². The van der Waals surface area contributed by atoms with Crippen LogP contribution in [0.4, 0.5) is 9.18 Å². The van der Waals surface area contributed by atoms with Gasteiger partial charge < -0.3 is 34.3 Å². The van der Waals surface area contributed by atoms with Crippen LogP contribution in [0, 0.1) is 11.7 Å². The molecule has 13 nitrogen and oxygen atoms in total. The minimum atomic E-state index is -0.961. The number of hydrogen-bond donors (Lipinski definition) is 3. The van der Waals surface area contributed by atoms with E-state index in [1.165, 1.54) is 42.7 Å². The van der Waals surface area contributed by atoms with Crippen molar-refractivity contribution in [1.82, 2.24) is 16.1 Å². The maximum Gasteiger partial charge on any atom is 0.407 e. The molecule has 1 heterocycles. The van der Waals surface area contributed by atoms with E-state index in [9.17, 15) is 23.6 Å². The molecule has 1 aliphatic rings. The maximum absolute atomic E-state index is 14.3. The lowest BCUT2D eigenvalue weighted by Gasteiger charge is -2.21. The molecule has 1 atom stereocenters. The molecule has 0 saturated heterocycles. The fourth-order valence-electron chi connectivity index (χ4n) is 6.70. The zero-order valence-electron chi connectivity index (χ0n) is 33.0. The number of nitrogens with one attached hydrogen (secondary N) is 3. The lowest BCUT2D eigenvalue weighted by Crippen LogP contribution is -2.46. The number of methoxy groups -OCH3 is 2. The first kappa shape index (κ1) is 42.3. The molecule has 1 aliphatic carbocycles. The molecule has 59 heavy (non-hydrogen) atoms. The first-order valence-corrected chi connectivity index (χ1v) is 19.8. The summed E-state index contributed by atoms with van der Waals surface area (Å²) in [5.74, 6) is -2.01. The number of alkyl carbamates (subject to hydrolysis) is 1. The predicted octanol–water partition coefficient (Wildman–Crippen LogP) is 6.82. The Hall–Kier alpha value is -6.32. The van der Waals surface area contributed by atoms with Gasteiger partial charge in [0.05, 0.1) is 30.7 Å². The Morgan fingerprint density at radius 2 is 1.58 bits per heavy atom. The fourth-order valence-corrected chi connectivity index (χ4v) is 7.69. The minimum Gasteiger partial charge on any atom is -0.493 e. The van der Waals surface area contributed by atoms with Crippen LogP contribution in [0.3, 0.4) is 0 Å². The summed E-state index contributed by atoms with van der Waals surface area (Å²) in [5.41, 5.74) is 8.22. The number of nitrogens with zero attached hydrogens (tertiary/aromatic N) is 1. The first-order chi connectivity index (χ1) is 28.6. The van der Waals surface area contributed by atoms with E-state index in [1.54, 1.807) is 38.5 Å². The number of fused-ring (bicyclic) bond motifs is 4. The number of hydrazone groups is 1. The van der Waals surface area contributed by atoms with Crippen molar-refractivity contribution in [2.24, 2.45) is 11.0 Å². The van der Waals surface area contributed by atoms with E-state index in [2.05, 4.69) is 33.3 Å². The van der Waals surface area contributed by atoms with Gasteiger partial charge in [-0.15, -0.1) is 11.3 Å². The maximum atomic E-state index is 14.3. The average Bonchev–Trinajstić information content (AvgIpc) is 3.82. The van der Waals surface area contributed by atoms with Crippen LogP contribution in [0.5, 0.6) is 11.5 Å². The van der Waals surface area contributed by atoms with Gasteiger partial charge in [-0.05, 0) is 52.4 Å². The second-order valence-corrected chi connectivity index (χ2v) is 14.7. The van der Waals surface area contributed by atoms with Crippen LogP contribution >= 0.6 is 11.3 Å². The van der Waals surface area contributed by atoms with Crippen molar-refractivity contribution >= 4 is 51.0 Å². The second-order valence-electron chi connectivity index (χ2n) is 13.9. The number of hydrogen-bond acceptors (Lipinski definition) is 11. The highest BCUT2D eigenvalue weighted by atomic mass is 32.1. The molecule has 3 amide bonds. The Labute approximate surface area is 344 Å². The minimum absolute atomic E-state index is 0.0490. The van der Waals surface area contributed by atoms with Gasteiger partial charge in [0.1, 0.15) is 31.7 Å². The lowest BCUT2D eigenvalue weighted by atomic mass is 9.98. The van der Waals surface area contributed by atoms with E-state index in [0.29, 0.717) is 34.4 Å². The highest BCUT2D eigenvalue weighted by Crippen LogP contribution is 2.44. The fraction of sp³-hybridized carbons (Fsp3) is 0.295. The van der Waals surface area contributed by atoms with Gasteiger partial charge in [-0.2, -0.15) is 5.10 Å². The zero-order valence-corrected chi connectivity index (χ0v) is 33.9. The van der Waals surface area contributed by atoms with Crippen molar-refractivity contribution in [2.45, 2.75) is 32.2 Å². The first-order valence-electron chi connectivity index (χ1n) is 19.0. The number of benzene rings is 4. The molecule has 5 aromatic rings. The summed E-state index contributed by atoms with van der Waals surface area (Å²) >= 11 is 1.24. The predicted molar refractivity (Wildman–Crippen MR) is 222 cm³/mol. The summed E-state index contributed by atoms with van der Waals surface area (Å²) in [6, 6.07) is 24.3. The molecule has 0 spiro atoms. The Bertz CT molecular complexity index is 2300. The molecule has 0 radical (unpaired) electrons. The van der Waals surface area contributed by atoms with Crippen molar-refractivity contribution in [3.8, 4) is 22.6 Å². The van der Waals surface area contributed by atoms with Crippen molar-refractivity contribution in [1.29, 1.82) is 0 Å². The topological polar surface area (TPSA) is 163 Å². The van der Waals surface area contributed by atoms with Crippen LogP contribution in [-0.2, 0) is 23.8 Å². The number of thiophene rings is 1. The van der Waals surface area contributed by atoms with Crippen LogP contribution in [0.15, 0.2) is 95.4 Å². The SMILES string of the molecule is COCC/C(=N\NC(=O)CNC(=O)c1ccc(OCCOC(=O)[C@@H](NC(=O)OCC2c3ccccc3-c3ccccc32)C(C)C)c(OC)c1)c1csc2c(F)cccc12. The largest absolute Gasteiger partial charge is 0.493 e. The molecule has 6 rings (SSSR count). The lowest BCUT2D eigenvalue weighted by molar-refractivity contribution is -0.148.